The highest BCUT2D eigenvalue weighted by Crippen LogP contribution is 2.39. The van der Waals surface area contributed by atoms with Crippen LogP contribution in [0.3, 0.4) is 0 Å². The zero-order valence-electron chi connectivity index (χ0n) is 17.3. The van der Waals surface area contributed by atoms with Crippen molar-refractivity contribution in [2.24, 2.45) is 5.41 Å². The fourth-order valence-corrected chi connectivity index (χ4v) is 4.72. The number of anilines is 1. The van der Waals surface area contributed by atoms with Crippen LogP contribution in [0.15, 0.2) is 41.3 Å². The number of imidazole rings is 1. The first-order chi connectivity index (χ1) is 14.6. The lowest BCUT2D eigenvalue weighted by Gasteiger charge is -2.38. The number of nitrogens with zero attached hydrogens (tertiary/aromatic N) is 4. The summed E-state index contributed by atoms with van der Waals surface area (Å²) < 4.78 is 9.40. The molecule has 7 heteroatoms. The summed E-state index contributed by atoms with van der Waals surface area (Å²) in [5, 5.41) is 0.687. The smallest absolute Gasteiger partial charge is 0.261 e. The van der Waals surface area contributed by atoms with Gasteiger partial charge in [0.2, 0.25) is 5.78 Å². The van der Waals surface area contributed by atoms with Crippen molar-refractivity contribution < 1.29 is 4.74 Å². The molecule has 2 aromatic heterocycles. The average Bonchev–Trinajstić information content (AvgIpc) is 3.36. The number of rotatable bonds is 6. The highest BCUT2D eigenvalue weighted by Gasteiger charge is 2.45. The van der Waals surface area contributed by atoms with E-state index in [1.807, 2.05) is 30.5 Å². The summed E-state index contributed by atoms with van der Waals surface area (Å²) >= 11 is 6.04. The molecule has 3 aromatic rings. The summed E-state index contributed by atoms with van der Waals surface area (Å²) in [4.78, 5) is 20.3. The van der Waals surface area contributed by atoms with Gasteiger partial charge in [0.25, 0.3) is 5.56 Å². The standard InChI is InChI=1S/C23H27ClN4O2/c1-2-3-4-10-27-20(26-11-9-23(14-26)15-30-16-23)12-21(29)28-13-19(25-22(27)28)17-5-7-18(24)8-6-17/h5-8,12-13H,2-4,9-11,14-16H2,1H3. The van der Waals surface area contributed by atoms with Crippen LogP contribution in [0.4, 0.5) is 5.82 Å². The van der Waals surface area contributed by atoms with Gasteiger partial charge in [0.1, 0.15) is 5.82 Å². The molecule has 2 aliphatic heterocycles. The Kier molecular flexibility index (Phi) is 5.07. The third kappa shape index (κ3) is 3.42. The topological polar surface area (TPSA) is 51.8 Å². The van der Waals surface area contributed by atoms with Crippen LogP contribution in [0.5, 0.6) is 0 Å². The van der Waals surface area contributed by atoms with Crippen molar-refractivity contribution in [2.75, 3.05) is 31.2 Å². The molecule has 0 saturated carbocycles. The normalized spacial score (nSPS) is 17.7. The summed E-state index contributed by atoms with van der Waals surface area (Å²) in [6, 6.07) is 9.37. The zero-order valence-corrected chi connectivity index (χ0v) is 18.1. The molecule has 0 unspecified atom stereocenters. The molecule has 30 heavy (non-hydrogen) atoms. The van der Waals surface area contributed by atoms with Gasteiger partial charge in [0.15, 0.2) is 0 Å². The number of halogens is 1. The van der Waals surface area contributed by atoms with Crippen molar-refractivity contribution in [3.8, 4) is 11.3 Å². The van der Waals surface area contributed by atoms with Crippen LogP contribution in [0, 0.1) is 5.41 Å². The monoisotopic (exact) mass is 426 g/mol. The summed E-state index contributed by atoms with van der Waals surface area (Å²) in [6.45, 7) is 6.62. The SMILES string of the molecule is CCCCCn1c(N2CCC3(COC3)C2)cc(=O)n2cc(-c3ccc(Cl)cc3)nc12. The van der Waals surface area contributed by atoms with Crippen LogP contribution in [-0.2, 0) is 11.3 Å². The fourth-order valence-electron chi connectivity index (χ4n) is 4.60. The molecule has 5 rings (SSSR count). The molecule has 0 bridgehead atoms. The summed E-state index contributed by atoms with van der Waals surface area (Å²) in [5.74, 6) is 1.70. The molecular formula is C23H27ClN4O2. The fraction of sp³-hybridized carbons (Fsp3) is 0.478. The van der Waals surface area contributed by atoms with Crippen molar-refractivity contribution in [2.45, 2.75) is 39.2 Å². The molecule has 0 atom stereocenters. The Labute approximate surface area is 181 Å². The Bertz CT molecular complexity index is 1110. The molecule has 0 amide bonds. The van der Waals surface area contributed by atoms with Gasteiger partial charge in [0, 0.05) is 47.9 Å². The van der Waals surface area contributed by atoms with Crippen molar-refractivity contribution in [3.05, 3.63) is 51.9 Å². The molecule has 158 valence electrons. The largest absolute Gasteiger partial charge is 0.380 e. The maximum Gasteiger partial charge on any atom is 0.261 e. The van der Waals surface area contributed by atoms with Gasteiger partial charge >= 0.3 is 0 Å². The minimum absolute atomic E-state index is 0.0368. The first-order valence-electron chi connectivity index (χ1n) is 10.8. The van der Waals surface area contributed by atoms with Crippen LogP contribution >= 0.6 is 11.6 Å². The third-order valence-electron chi connectivity index (χ3n) is 6.40. The zero-order chi connectivity index (χ0) is 20.7. The van der Waals surface area contributed by atoms with E-state index in [0.717, 1.165) is 75.6 Å². The van der Waals surface area contributed by atoms with E-state index < -0.39 is 0 Å². The maximum absolute atomic E-state index is 13.0. The number of benzene rings is 1. The van der Waals surface area contributed by atoms with Crippen molar-refractivity contribution >= 4 is 23.2 Å². The molecule has 6 nitrogen and oxygen atoms in total. The Morgan fingerprint density at radius 2 is 2.00 bits per heavy atom. The number of ether oxygens (including phenoxy) is 1. The lowest BCUT2D eigenvalue weighted by atomic mass is 9.85. The van der Waals surface area contributed by atoms with E-state index in [9.17, 15) is 4.79 Å². The molecule has 2 aliphatic rings. The molecule has 2 fully saturated rings. The van der Waals surface area contributed by atoms with E-state index in [4.69, 9.17) is 21.3 Å². The number of aromatic nitrogens is 3. The second-order valence-corrected chi connectivity index (χ2v) is 9.10. The Balaban J connectivity index is 1.59. The molecule has 0 radical (unpaired) electrons. The molecule has 1 spiro atoms. The third-order valence-corrected chi connectivity index (χ3v) is 6.65. The lowest BCUT2D eigenvalue weighted by molar-refractivity contribution is -0.0985. The van der Waals surface area contributed by atoms with E-state index >= 15 is 0 Å². The van der Waals surface area contributed by atoms with Crippen LogP contribution in [-0.4, -0.2) is 40.3 Å². The minimum atomic E-state index is -0.0368. The number of unbranched alkanes of at least 4 members (excludes halogenated alkanes) is 2. The highest BCUT2D eigenvalue weighted by molar-refractivity contribution is 6.30. The van der Waals surface area contributed by atoms with E-state index in [-0.39, 0.29) is 11.0 Å². The first-order valence-corrected chi connectivity index (χ1v) is 11.2. The highest BCUT2D eigenvalue weighted by atomic mass is 35.5. The predicted octanol–water partition coefficient (Wildman–Crippen LogP) is 4.23. The summed E-state index contributed by atoms with van der Waals surface area (Å²) in [7, 11) is 0. The molecule has 0 aliphatic carbocycles. The van der Waals surface area contributed by atoms with Gasteiger partial charge in [-0.15, -0.1) is 0 Å². The van der Waals surface area contributed by atoms with Gasteiger partial charge in [-0.2, -0.15) is 0 Å². The van der Waals surface area contributed by atoms with Gasteiger partial charge in [-0.25, -0.2) is 4.98 Å². The van der Waals surface area contributed by atoms with Gasteiger partial charge < -0.3 is 9.64 Å². The second-order valence-electron chi connectivity index (χ2n) is 8.67. The van der Waals surface area contributed by atoms with E-state index in [1.54, 1.807) is 10.5 Å². The van der Waals surface area contributed by atoms with Crippen molar-refractivity contribution in [1.29, 1.82) is 0 Å². The summed E-state index contributed by atoms with van der Waals surface area (Å²) in [5.41, 5.74) is 1.97. The second kappa shape index (κ2) is 7.75. The van der Waals surface area contributed by atoms with Crippen molar-refractivity contribution in [3.63, 3.8) is 0 Å². The summed E-state index contributed by atoms with van der Waals surface area (Å²) in [6.07, 6.45) is 6.33. The maximum atomic E-state index is 13.0. The number of hydrogen-bond donors (Lipinski definition) is 0. The molecule has 0 N–H and O–H groups in total. The Morgan fingerprint density at radius 1 is 1.20 bits per heavy atom. The van der Waals surface area contributed by atoms with E-state index in [0.29, 0.717) is 10.8 Å². The van der Waals surface area contributed by atoms with Gasteiger partial charge in [-0.1, -0.05) is 43.5 Å². The number of aryl methyl sites for hydroxylation is 1. The van der Waals surface area contributed by atoms with Crippen LogP contribution in [0.1, 0.15) is 32.6 Å². The van der Waals surface area contributed by atoms with Gasteiger partial charge in [-0.3, -0.25) is 13.8 Å². The van der Waals surface area contributed by atoms with E-state index in [2.05, 4.69) is 16.4 Å². The van der Waals surface area contributed by atoms with Crippen LogP contribution in [0.25, 0.3) is 17.0 Å². The van der Waals surface area contributed by atoms with Gasteiger partial charge in [-0.05, 0) is 25.0 Å². The van der Waals surface area contributed by atoms with E-state index in [1.165, 1.54) is 0 Å². The predicted molar refractivity (Wildman–Crippen MR) is 120 cm³/mol. The van der Waals surface area contributed by atoms with Gasteiger partial charge in [0.05, 0.1) is 18.9 Å². The Hall–Kier alpha value is -2.31. The quantitative estimate of drug-likeness (QED) is 0.553. The molecule has 4 heterocycles. The first kappa shape index (κ1) is 19.6. The molecular weight excluding hydrogens is 400 g/mol. The Morgan fingerprint density at radius 3 is 2.67 bits per heavy atom. The number of fused-ring (bicyclic) bond motifs is 1. The lowest BCUT2D eigenvalue weighted by Crippen LogP contribution is -2.45. The molecule has 1 aromatic carbocycles. The molecule has 2 saturated heterocycles. The minimum Gasteiger partial charge on any atom is -0.380 e. The number of hydrogen-bond acceptors (Lipinski definition) is 4. The van der Waals surface area contributed by atoms with Crippen LogP contribution in [0.2, 0.25) is 5.02 Å². The average molecular weight is 427 g/mol. The van der Waals surface area contributed by atoms with Crippen molar-refractivity contribution in [1.82, 2.24) is 14.0 Å². The van der Waals surface area contributed by atoms with Crippen LogP contribution < -0.4 is 10.5 Å².